The summed E-state index contributed by atoms with van der Waals surface area (Å²) in [5.74, 6) is 7.23. The van der Waals surface area contributed by atoms with Crippen molar-refractivity contribution in [1.82, 2.24) is 29.1 Å². The normalized spacial score (nSPS) is 18.4. The van der Waals surface area contributed by atoms with Gasteiger partial charge in [0.25, 0.3) is 5.56 Å². The van der Waals surface area contributed by atoms with E-state index in [0.29, 0.717) is 46.8 Å². The summed E-state index contributed by atoms with van der Waals surface area (Å²) in [5, 5.41) is 0. The van der Waals surface area contributed by atoms with Gasteiger partial charge < -0.3 is 9.55 Å². The molecular formula is C26H23FN6O2. The summed E-state index contributed by atoms with van der Waals surface area (Å²) in [6, 6.07) is 4.44. The summed E-state index contributed by atoms with van der Waals surface area (Å²) in [6.45, 7) is 0.408. The van der Waals surface area contributed by atoms with Crippen LogP contribution < -0.4 is 11.2 Å². The molecule has 1 saturated carbocycles. The molecule has 2 aliphatic carbocycles. The molecule has 6 rings (SSSR count). The largest absolute Gasteiger partial charge is 0.342 e. The smallest absolute Gasteiger partial charge is 0.330 e. The Kier molecular flexibility index (Phi) is 5.21. The van der Waals surface area contributed by atoms with Crippen LogP contribution in [0.2, 0.25) is 0 Å². The van der Waals surface area contributed by atoms with Crippen molar-refractivity contribution >= 4 is 22.2 Å². The number of imidazole rings is 2. The summed E-state index contributed by atoms with van der Waals surface area (Å²) in [4.78, 5) is 40.7. The Labute approximate surface area is 199 Å². The lowest BCUT2D eigenvalue weighted by Crippen LogP contribution is -2.30. The maximum atomic E-state index is 13.7. The first kappa shape index (κ1) is 21.4. The third kappa shape index (κ3) is 4.12. The molecule has 0 spiro atoms. The monoisotopic (exact) mass is 470 g/mol. The average molecular weight is 471 g/mol. The Hall–Kier alpha value is -4.19. The molecule has 8 nitrogen and oxygen atoms in total. The van der Waals surface area contributed by atoms with E-state index in [0.717, 1.165) is 31.3 Å². The first-order valence-electron chi connectivity index (χ1n) is 11.7. The Bertz CT molecular complexity index is 1700. The number of nitrogens with zero attached hydrogens (tertiary/aromatic N) is 4. The van der Waals surface area contributed by atoms with Gasteiger partial charge in [0.05, 0.1) is 17.5 Å². The molecule has 9 heteroatoms. The number of nitrogens with one attached hydrogen (secondary N) is 2. The van der Waals surface area contributed by atoms with Gasteiger partial charge in [0.2, 0.25) is 0 Å². The zero-order valence-corrected chi connectivity index (χ0v) is 19.0. The fourth-order valence-corrected chi connectivity index (χ4v) is 4.53. The van der Waals surface area contributed by atoms with Gasteiger partial charge in [0, 0.05) is 25.4 Å². The molecule has 0 aliphatic heterocycles. The highest BCUT2D eigenvalue weighted by Crippen LogP contribution is 2.35. The second-order valence-electron chi connectivity index (χ2n) is 8.99. The average Bonchev–Trinajstić information content (AvgIpc) is 3.44. The molecule has 4 aromatic rings. The van der Waals surface area contributed by atoms with Crippen LogP contribution in [-0.2, 0) is 13.0 Å². The van der Waals surface area contributed by atoms with Gasteiger partial charge >= 0.3 is 5.69 Å². The van der Waals surface area contributed by atoms with Crippen molar-refractivity contribution in [2.45, 2.75) is 51.1 Å². The number of fused-ring (bicyclic) bond motifs is 2. The van der Waals surface area contributed by atoms with Crippen LogP contribution >= 0.6 is 0 Å². The van der Waals surface area contributed by atoms with E-state index in [4.69, 9.17) is 4.98 Å². The molecule has 3 heterocycles. The molecule has 1 fully saturated rings. The molecule has 2 N–H and O–H groups in total. The highest BCUT2D eigenvalue weighted by molar-refractivity contribution is 5.75. The van der Waals surface area contributed by atoms with Crippen LogP contribution in [0.5, 0.6) is 0 Å². The second-order valence-corrected chi connectivity index (χ2v) is 8.99. The van der Waals surface area contributed by atoms with E-state index in [2.05, 4.69) is 32.9 Å². The van der Waals surface area contributed by atoms with Gasteiger partial charge in [0.15, 0.2) is 11.2 Å². The fraction of sp³-hybridized carbons (Fsp3) is 0.308. The summed E-state index contributed by atoms with van der Waals surface area (Å²) in [6.07, 6.45) is 10.5. The molecule has 176 valence electrons. The van der Waals surface area contributed by atoms with Crippen LogP contribution in [0.15, 0.2) is 51.6 Å². The first-order chi connectivity index (χ1) is 17.1. The van der Waals surface area contributed by atoms with Crippen LogP contribution in [0.1, 0.15) is 49.8 Å². The van der Waals surface area contributed by atoms with E-state index in [9.17, 15) is 14.0 Å². The summed E-state index contributed by atoms with van der Waals surface area (Å²) in [5.41, 5.74) is 2.14. The van der Waals surface area contributed by atoms with Crippen molar-refractivity contribution in [3.63, 3.8) is 0 Å². The second kappa shape index (κ2) is 8.55. The van der Waals surface area contributed by atoms with Gasteiger partial charge in [-0.1, -0.05) is 24.1 Å². The summed E-state index contributed by atoms with van der Waals surface area (Å²) >= 11 is 0. The Morgan fingerprint density at radius 1 is 1.14 bits per heavy atom. The van der Waals surface area contributed by atoms with Gasteiger partial charge in [-0.25, -0.2) is 19.2 Å². The maximum absolute atomic E-state index is 13.7. The van der Waals surface area contributed by atoms with Crippen molar-refractivity contribution in [2.75, 3.05) is 0 Å². The van der Waals surface area contributed by atoms with Gasteiger partial charge in [-0.15, -0.1) is 5.92 Å². The van der Waals surface area contributed by atoms with E-state index in [1.54, 1.807) is 10.6 Å². The fourth-order valence-electron chi connectivity index (χ4n) is 4.53. The molecular weight excluding hydrogens is 447 g/mol. The number of H-pyrrole nitrogens is 2. The van der Waals surface area contributed by atoms with Crippen molar-refractivity contribution in [2.24, 2.45) is 0 Å². The lowest BCUT2D eigenvalue weighted by Gasteiger charge is -2.10. The number of hydrogen-bond donors (Lipinski definition) is 2. The quantitative estimate of drug-likeness (QED) is 0.436. The number of benzene rings is 1. The molecule has 2 aliphatic rings. The van der Waals surface area contributed by atoms with E-state index >= 15 is 0 Å². The predicted molar refractivity (Wildman–Crippen MR) is 131 cm³/mol. The Morgan fingerprint density at radius 3 is 2.89 bits per heavy atom. The molecule has 3 aromatic heterocycles. The van der Waals surface area contributed by atoms with Gasteiger partial charge in [-0.3, -0.25) is 14.3 Å². The summed E-state index contributed by atoms with van der Waals surface area (Å²) < 4.78 is 17.1. The van der Waals surface area contributed by atoms with E-state index in [1.165, 1.54) is 12.1 Å². The van der Waals surface area contributed by atoms with Crippen LogP contribution in [0.25, 0.3) is 22.2 Å². The third-order valence-electron chi connectivity index (χ3n) is 6.35. The predicted octanol–water partition coefficient (Wildman–Crippen LogP) is 3.50. The van der Waals surface area contributed by atoms with Crippen LogP contribution in [0.4, 0.5) is 4.39 Å². The molecule has 0 amide bonds. The lowest BCUT2D eigenvalue weighted by molar-refractivity contribution is 0.629. The molecule has 0 saturated heterocycles. The highest BCUT2D eigenvalue weighted by Gasteiger charge is 2.30. The molecule has 0 radical (unpaired) electrons. The Balaban J connectivity index is 1.50. The van der Waals surface area contributed by atoms with Crippen LogP contribution in [0, 0.1) is 17.7 Å². The van der Waals surface area contributed by atoms with Crippen molar-refractivity contribution in [3.05, 3.63) is 80.3 Å². The van der Waals surface area contributed by atoms with Crippen molar-refractivity contribution in [3.8, 4) is 11.8 Å². The SMILES string of the molecule is O=c1[nH]c(=O)n(C2CC2)c2nc(Cc3nc4ccc(F)cc4[nH]3)n(C/C3=C/C=C\CCC#CC3)c12. The number of allylic oxidation sites excluding steroid dienone is 4. The van der Waals surface area contributed by atoms with Crippen molar-refractivity contribution < 1.29 is 4.39 Å². The lowest BCUT2D eigenvalue weighted by atomic mass is 10.1. The first-order valence-corrected chi connectivity index (χ1v) is 11.7. The number of rotatable bonds is 5. The minimum absolute atomic E-state index is 0.0464. The number of aromatic nitrogens is 6. The van der Waals surface area contributed by atoms with E-state index in [-0.39, 0.29) is 18.3 Å². The van der Waals surface area contributed by atoms with Gasteiger partial charge in [-0.05, 0) is 43.0 Å². The molecule has 0 bridgehead atoms. The standard InChI is InChI=1S/C26H23FN6O2/c27-17-9-12-19-20(13-17)29-21(28-19)14-22-30-24-23(25(34)31-26(35)33(24)18-10-11-18)32(22)15-16-7-5-3-1-2-4-6-8-16/h3,5,7,9,12-13,18H,1-2,8,10-11,14-15H2,(H,28,29)(H,31,34,35)/b5-3-,16-7+. The minimum atomic E-state index is -0.461. The number of aromatic amines is 2. The maximum Gasteiger partial charge on any atom is 0.330 e. The summed E-state index contributed by atoms with van der Waals surface area (Å²) in [7, 11) is 0. The van der Waals surface area contributed by atoms with Crippen LogP contribution in [0.3, 0.4) is 0 Å². The molecule has 1 aromatic carbocycles. The number of halogens is 1. The number of hydrogen-bond acceptors (Lipinski definition) is 4. The zero-order valence-electron chi connectivity index (χ0n) is 19.0. The van der Waals surface area contributed by atoms with E-state index in [1.807, 2.05) is 16.7 Å². The van der Waals surface area contributed by atoms with Gasteiger partial charge in [-0.2, -0.15) is 0 Å². The van der Waals surface area contributed by atoms with Crippen LogP contribution in [-0.4, -0.2) is 29.1 Å². The molecule has 35 heavy (non-hydrogen) atoms. The van der Waals surface area contributed by atoms with Crippen molar-refractivity contribution in [1.29, 1.82) is 0 Å². The van der Waals surface area contributed by atoms with Gasteiger partial charge in [0.1, 0.15) is 17.5 Å². The topological polar surface area (TPSA) is 101 Å². The van der Waals surface area contributed by atoms with E-state index < -0.39 is 11.2 Å². The third-order valence-corrected chi connectivity index (χ3v) is 6.35. The minimum Gasteiger partial charge on any atom is -0.342 e. The molecule has 0 atom stereocenters. The molecule has 0 unspecified atom stereocenters. The highest BCUT2D eigenvalue weighted by atomic mass is 19.1. The Morgan fingerprint density at radius 2 is 2.03 bits per heavy atom. The zero-order chi connectivity index (χ0) is 23.9.